The van der Waals surface area contributed by atoms with Gasteiger partial charge in [-0.05, 0) is 42.2 Å². The van der Waals surface area contributed by atoms with Crippen molar-refractivity contribution in [2.45, 2.75) is 12.8 Å². The Morgan fingerprint density at radius 1 is 1.24 bits per heavy atom. The minimum Gasteiger partial charge on any atom is -0.493 e. The second-order valence-electron chi connectivity index (χ2n) is 5.47. The highest BCUT2D eigenvalue weighted by atomic mass is 16.5. The molecule has 3 nitrogen and oxygen atoms in total. The van der Waals surface area contributed by atoms with E-state index < -0.39 is 0 Å². The Hall–Kier alpha value is -2.29. The lowest BCUT2D eigenvalue weighted by atomic mass is 9.90. The minimum absolute atomic E-state index is 0.0397. The third-order valence-electron chi connectivity index (χ3n) is 3.90. The maximum atomic E-state index is 11.7. The summed E-state index contributed by atoms with van der Waals surface area (Å²) in [4.78, 5) is 11.7. The monoisotopic (exact) mass is 281 g/mol. The lowest BCUT2D eigenvalue weighted by molar-refractivity contribution is 0.0963. The molecule has 1 aliphatic heterocycles. The fourth-order valence-electron chi connectivity index (χ4n) is 2.84. The summed E-state index contributed by atoms with van der Waals surface area (Å²) in [5, 5.41) is 2.66. The average molecular weight is 281 g/mol. The Bertz CT molecular complexity index is 651. The van der Waals surface area contributed by atoms with Crippen molar-refractivity contribution >= 4 is 5.91 Å². The second kappa shape index (κ2) is 6.00. The number of benzene rings is 2. The third kappa shape index (κ3) is 3.07. The number of hydrogen-bond donors (Lipinski definition) is 1. The van der Waals surface area contributed by atoms with Gasteiger partial charge in [-0.15, -0.1) is 0 Å². The highest BCUT2D eigenvalue weighted by molar-refractivity contribution is 5.94. The van der Waals surface area contributed by atoms with Crippen LogP contribution in [0.4, 0.5) is 0 Å². The summed E-state index contributed by atoms with van der Waals surface area (Å²) in [7, 11) is 1.65. The van der Waals surface area contributed by atoms with Crippen molar-refractivity contribution in [1.82, 2.24) is 5.32 Å². The second-order valence-corrected chi connectivity index (χ2v) is 5.47. The molecule has 21 heavy (non-hydrogen) atoms. The topological polar surface area (TPSA) is 38.3 Å². The molecule has 2 aromatic rings. The van der Waals surface area contributed by atoms with E-state index in [-0.39, 0.29) is 5.91 Å². The van der Waals surface area contributed by atoms with E-state index >= 15 is 0 Å². The van der Waals surface area contributed by atoms with Crippen LogP contribution in [0.1, 0.15) is 21.5 Å². The zero-order valence-corrected chi connectivity index (χ0v) is 12.1. The van der Waals surface area contributed by atoms with Gasteiger partial charge in [0.1, 0.15) is 5.75 Å². The van der Waals surface area contributed by atoms with Crippen LogP contribution >= 0.6 is 0 Å². The lowest BCUT2D eigenvalue weighted by Crippen LogP contribution is -2.23. The molecule has 1 amide bonds. The Labute approximate surface area is 124 Å². The van der Waals surface area contributed by atoms with Crippen molar-refractivity contribution in [3.8, 4) is 5.75 Å². The molecule has 0 unspecified atom stereocenters. The molecule has 1 N–H and O–H groups in total. The smallest absolute Gasteiger partial charge is 0.251 e. The van der Waals surface area contributed by atoms with E-state index in [1.165, 1.54) is 11.1 Å². The largest absolute Gasteiger partial charge is 0.493 e. The van der Waals surface area contributed by atoms with E-state index in [1.54, 1.807) is 7.05 Å². The van der Waals surface area contributed by atoms with Gasteiger partial charge in [0.05, 0.1) is 6.61 Å². The number of ether oxygens (including phenoxy) is 1. The van der Waals surface area contributed by atoms with Crippen LogP contribution in [0.25, 0.3) is 0 Å². The predicted octanol–water partition coefficient (Wildman–Crippen LogP) is 2.84. The summed E-state index contributed by atoms with van der Waals surface area (Å²) in [6.45, 7) is 0.737. The van der Waals surface area contributed by atoms with Crippen molar-refractivity contribution < 1.29 is 9.53 Å². The van der Waals surface area contributed by atoms with Crippen LogP contribution in [0, 0.1) is 5.92 Å². The highest BCUT2D eigenvalue weighted by Crippen LogP contribution is 2.28. The quantitative estimate of drug-likeness (QED) is 0.939. The Morgan fingerprint density at radius 2 is 2.10 bits per heavy atom. The molecule has 0 fully saturated rings. The zero-order chi connectivity index (χ0) is 14.7. The molecule has 0 aliphatic carbocycles. The van der Waals surface area contributed by atoms with Crippen molar-refractivity contribution in [3.63, 3.8) is 0 Å². The molecule has 108 valence electrons. The number of hydrogen-bond acceptors (Lipinski definition) is 2. The van der Waals surface area contributed by atoms with Crippen LogP contribution in [-0.2, 0) is 12.8 Å². The molecule has 1 aliphatic rings. The molecule has 0 radical (unpaired) electrons. The number of carbonyl (C=O) groups is 1. The Balaban J connectivity index is 1.72. The molecule has 2 aromatic carbocycles. The maximum absolute atomic E-state index is 11.7. The highest BCUT2D eigenvalue weighted by Gasteiger charge is 2.20. The van der Waals surface area contributed by atoms with Gasteiger partial charge in [-0.3, -0.25) is 4.79 Å². The molecular weight excluding hydrogens is 262 g/mol. The van der Waals surface area contributed by atoms with Crippen LogP contribution < -0.4 is 10.1 Å². The van der Waals surface area contributed by atoms with Crippen LogP contribution in [0.5, 0.6) is 5.75 Å². The van der Waals surface area contributed by atoms with Gasteiger partial charge in [0.15, 0.2) is 0 Å². The first kappa shape index (κ1) is 13.7. The van der Waals surface area contributed by atoms with Gasteiger partial charge in [0.2, 0.25) is 0 Å². The van der Waals surface area contributed by atoms with Crippen LogP contribution in [0.2, 0.25) is 0 Å². The van der Waals surface area contributed by atoms with E-state index in [0.29, 0.717) is 11.5 Å². The number of amides is 1. The summed E-state index contributed by atoms with van der Waals surface area (Å²) in [6.07, 6.45) is 1.96. The van der Waals surface area contributed by atoms with Crippen molar-refractivity contribution in [2.75, 3.05) is 13.7 Å². The molecule has 3 rings (SSSR count). The lowest BCUT2D eigenvalue weighted by Gasteiger charge is -2.25. The van der Waals surface area contributed by atoms with Crippen LogP contribution in [-0.4, -0.2) is 19.6 Å². The third-order valence-corrected chi connectivity index (χ3v) is 3.90. The van der Waals surface area contributed by atoms with Crippen molar-refractivity contribution in [3.05, 3.63) is 65.2 Å². The van der Waals surface area contributed by atoms with Gasteiger partial charge in [0.25, 0.3) is 5.91 Å². The summed E-state index contributed by atoms with van der Waals surface area (Å²) >= 11 is 0. The van der Waals surface area contributed by atoms with Gasteiger partial charge in [-0.1, -0.05) is 30.3 Å². The number of rotatable bonds is 3. The van der Waals surface area contributed by atoms with Crippen LogP contribution in [0.15, 0.2) is 48.5 Å². The Kier molecular flexibility index (Phi) is 3.91. The normalized spacial score (nSPS) is 16.7. The zero-order valence-electron chi connectivity index (χ0n) is 12.1. The predicted molar refractivity (Wildman–Crippen MR) is 82.7 cm³/mol. The van der Waals surface area contributed by atoms with E-state index in [9.17, 15) is 4.79 Å². The SMILES string of the molecule is CNC(=O)c1cccc(C[C@@H]2COc3ccccc3C2)c1. The fraction of sp³-hybridized carbons (Fsp3) is 0.278. The molecule has 0 saturated carbocycles. The van der Waals surface area contributed by atoms with Crippen molar-refractivity contribution in [2.24, 2.45) is 5.92 Å². The molecule has 3 heteroatoms. The van der Waals surface area contributed by atoms with E-state index in [1.807, 2.05) is 30.3 Å². The fourth-order valence-corrected chi connectivity index (χ4v) is 2.84. The van der Waals surface area contributed by atoms with Crippen LogP contribution in [0.3, 0.4) is 0 Å². The summed E-state index contributed by atoms with van der Waals surface area (Å²) in [5.74, 6) is 1.43. The van der Waals surface area contributed by atoms with E-state index in [0.717, 1.165) is 25.2 Å². The van der Waals surface area contributed by atoms with E-state index in [2.05, 4.69) is 23.5 Å². The number of fused-ring (bicyclic) bond motifs is 1. The maximum Gasteiger partial charge on any atom is 0.251 e. The summed E-state index contributed by atoms with van der Waals surface area (Å²) < 4.78 is 5.83. The molecular formula is C18H19NO2. The average Bonchev–Trinajstić information content (AvgIpc) is 2.54. The first-order valence-electron chi connectivity index (χ1n) is 7.28. The van der Waals surface area contributed by atoms with Gasteiger partial charge < -0.3 is 10.1 Å². The number of para-hydroxylation sites is 1. The summed E-state index contributed by atoms with van der Waals surface area (Å²) in [5.41, 5.74) is 3.17. The first-order valence-corrected chi connectivity index (χ1v) is 7.28. The van der Waals surface area contributed by atoms with Gasteiger partial charge in [-0.25, -0.2) is 0 Å². The molecule has 0 saturated heterocycles. The van der Waals surface area contributed by atoms with Gasteiger partial charge >= 0.3 is 0 Å². The molecule has 0 bridgehead atoms. The number of carbonyl (C=O) groups excluding carboxylic acids is 1. The minimum atomic E-state index is -0.0397. The number of nitrogens with one attached hydrogen (secondary N) is 1. The molecule has 1 heterocycles. The van der Waals surface area contributed by atoms with Gasteiger partial charge in [0, 0.05) is 18.5 Å². The Morgan fingerprint density at radius 3 is 2.95 bits per heavy atom. The standard InChI is InChI=1S/C18H19NO2/c1-19-18(20)16-7-4-5-13(10-16)9-14-11-15-6-2-3-8-17(15)21-12-14/h2-8,10,14H,9,11-12H2,1H3,(H,19,20)/t14-/m0/s1. The molecule has 1 atom stereocenters. The summed E-state index contributed by atoms with van der Waals surface area (Å²) in [6, 6.07) is 16.0. The molecule has 0 spiro atoms. The first-order chi connectivity index (χ1) is 10.3. The molecule has 0 aromatic heterocycles. The van der Waals surface area contributed by atoms with E-state index in [4.69, 9.17) is 4.74 Å². The van der Waals surface area contributed by atoms with Crippen molar-refractivity contribution in [1.29, 1.82) is 0 Å². The van der Waals surface area contributed by atoms with Gasteiger partial charge in [-0.2, -0.15) is 0 Å².